The van der Waals surface area contributed by atoms with Crippen LogP contribution < -0.4 is 14.8 Å². The Morgan fingerprint density at radius 2 is 1.91 bits per heavy atom. The van der Waals surface area contributed by atoms with Crippen LogP contribution in [0.4, 0.5) is 0 Å². The molecule has 2 aromatic rings. The summed E-state index contributed by atoms with van der Waals surface area (Å²) in [6, 6.07) is 15.6. The second kappa shape index (κ2) is 10.7. The van der Waals surface area contributed by atoms with Crippen LogP contribution in [0, 0.1) is 0 Å². The van der Waals surface area contributed by atoms with E-state index >= 15 is 0 Å². The number of rotatable bonds is 8. The normalized spacial score (nSPS) is 26.7. The summed E-state index contributed by atoms with van der Waals surface area (Å²) in [5, 5.41) is 15.3. The van der Waals surface area contributed by atoms with Gasteiger partial charge in [0, 0.05) is 30.6 Å². The average Bonchev–Trinajstić information content (AvgIpc) is 2.88. The van der Waals surface area contributed by atoms with Crippen LogP contribution in [0.2, 0.25) is 0 Å². The van der Waals surface area contributed by atoms with Crippen molar-refractivity contribution in [1.82, 2.24) is 10.2 Å². The van der Waals surface area contributed by atoms with Crippen molar-refractivity contribution in [2.45, 2.75) is 42.7 Å². The van der Waals surface area contributed by atoms with Crippen molar-refractivity contribution in [3.05, 3.63) is 78.4 Å². The first-order valence-corrected chi connectivity index (χ1v) is 12.2. The fraction of sp³-hybridized carbons (Fsp3) is 0.414. The lowest BCUT2D eigenvalue weighted by Crippen LogP contribution is -2.67. The Labute approximate surface area is 208 Å². The standard InChI is InChI=1S/C29H36N2O4/c1-4-16-31-17-15-28(23-8-6-10-26(19-23)35-3)20-24(13-14-29(28,33)21-31)30-27(32)12-11-22-7-5-9-25(18-22)34-2/h4-12,18-19,24,33H,1,13-17,20-21H2,2-3H3,(H,30,32)/t24-,28-,29-/m0/s1. The number of benzene rings is 2. The third-order valence-corrected chi connectivity index (χ3v) is 7.61. The summed E-state index contributed by atoms with van der Waals surface area (Å²) in [5.74, 6) is 1.40. The summed E-state index contributed by atoms with van der Waals surface area (Å²) >= 11 is 0. The van der Waals surface area contributed by atoms with Gasteiger partial charge in [0.2, 0.25) is 5.91 Å². The van der Waals surface area contributed by atoms with Crippen LogP contribution in [0.3, 0.4) is 0 Å². The molecule has 1 saturated carbocycles. The van der Waals surface area contributed by atoms with E-state index in [4.69, 9.17) is 9.47 Å². The lowest BCUT2D eigenvalue weighted by molar-refractivity contribution is -0.130. The van der Waals surface area contributed by atoms with E-state index in [9.17, 15) is 9.90 Å². The Hall–Kier alpha value is -3.09. The lowest BCUT2D eigenvalue weighted by Gasteiger charge is -2.58. The minimum Gasteiger partial charge on any atom is -0.497 e. The fourth-order valence-electron chi connectivity index (χ4n) is 5.81. The molecule has 186 valence electrons. The molecule has 2 N–H and O–H groups in total. The van der Waals surface area contributed by atoms with Crippen LogP contribution in [0.25, 0.3) is 6.08 Å². The molecule has 3 atom stereocenters. The third-order valence-electron chi connectivity index (χ3n) is 7.61. The quantitative estimate of drug-likeness (QED) is 0.446. The number of carbonyl (C=O) groups excluding carboxylic acids is 1. The van der Waals surface area contributed by atoms with E-state index < -0.39 is 11.0 Å². The zero-order chi connectivity index (χ0) is 24.9. The Balaban J connectivity index is 1.55. The molecule has 0 aromatic heterocycles. The number of hydrogen-bond donors (Lipinski definition) is 2. The summed E-state index contributed by atoms with van der Waals surface area (Å²) in [6.45, 7) is 6.08. The van der Waals surface area contributed by atoms with Gasteiger partial charge in [-0.15, -0.1) is 6.58 Å². The molecular weight excluding hydrogens is 440 g/mol. The van der Waals surface area contributed by atoms with Gasteiger partial charge in [-0.25, -0.2) is 0 Å². The monoisotopic (exact) mass is 476 g/mol. The molecule has 1 amide bonds. The highest BCUT2D eigenvalue weighted by Gasteiger charge is 2.57. The van der Waals surface area contributed by atoms with Gasteiger partial charge in [0.1, 0.15) is 11.5 Å². The van der Waals surface area contributed by atoms with Crippen molar-refractivity contribution in [3.63, 3.8) is 0 Å². The van der Waals surface area contributed by atoms with Gasteiger partial charge in [-0.05, 0) is 73.7 Å². The first-order valence-electron chi connectivity index (χ1n) is 12.2. The highest BCUT2D eigenvalue weighted by Crippen LogP contribution is 2.52. The molecule has 1 aliphatic carbocycles. The summed E-state index contributed by atoms with van der Waals surface area (Å²) < 4.78 is 10.8. The van der Waals surface area contributed by atoms with E-state index in [1.807, 2.05) is 48.5 Å². The summed E-state index contributed by atoms with van der Waals surface area (Å²) in [5.41, 5.74) is 0.618. The summed E-state index contributed by atoms with van der Waals surface area (Å²) in [6.07, 6.45) is 8.07. The highest BCUT2D eigenvalue weighted by atomic mass is 16.5. The molecule has 2 fully saturated rings. The van der Waals surface area contributed by atoms with Gasteiger partial charge in [0.25, 0.3) is 0 Å². The SMILES string of the molecule is C=CCN1CC[C@@]2(c3cccc(OC)c3)C[C@@H](NC(=O)C=Cc3cccc(OC)c3)CC[C@]2(O)C1. The van der Waals surface area contributed by atoms with Crippen molar-refractivity contribution in [2.24, 2.45) is 0 Å². The average molecular weight is 477 g/mol. The number of piperidine rings is 1. The van der Waals surface area contributed by atoms with Crippen LogP contribution in [0.5, 0.6) is 11.5 Å². The van der Waals surface area contributed by atoms with Gasteiger partial charge in [-0.3, -0.25) is 9.69 Å². The molecule has 0 bridgehead atoms. The number of hydrogen-bond acceptors (Lipinski definition) is 5. The van der Waals surface area contributed by atoms with Gasteiger partial charge >= 0.3 is 0 Å². The van der Waals surface area contributed by atoms with Crippen LogP contribution in [-0.2, 0) is 10.2 Å². The smallest absolute Gasteiger partial charge is 0.244 e. The number of carbonyl (C=O) groups is 1. The van der Waals surface area contributed by atoms with Crippen LogP contribution in [0.1, 0.15) is 36.8 Å². The predicted octanol–water partition coefficient (Wildman–Crippen LogP) is 3.95. The Kier molecular flexibility index (Phi) is 7.63. The maximum absolute atomic E-state index is 12.8. The number of likely N-dealkylation sites (tertiary alicyclic amines) is 1. The molecule has 4 rings (SSSR count). The number of ether oxygens (including phenoxy) is 2. The summed E-state index contributed by atoms with van der Waals surface area (Å²) in [7, 11) is 3.29. The molecule has 2 aliphatic rings. The van der Waals surface area contributed by atoms with E-state index in [1.54, 1.807) is 26.4 Å². The molecule has 0 unspecified atom stereocenters. The summed E-state index contributed by atoms with van der Waals surface area (Å²) in [4.78, 5) is 15.1. The van der Waals surface area contributed by atoms with Gasteiger partial charge in [0.15, 0.2) is 0 Å². The van der Waals surface area contributed by atoms with Gasteiger partial charge < -0.3 is 19.9 Å². The van der Waals surface area contributed by atoms with Gasteiger partial charge in [-0.2, -0.15) is 0 Å². The molecule has 6 heteroatoms. The second-order valence-corrected chi connectivity index (χ2v) is 9.68. The van der Waals surface area contributed by atoms with Crippen LogP contribution in [-0.4, -0.2) is 61.4 Å². The van der Waals surface area contributed by atoms with Crippen molar-refractivity contribution in [1.29, 1.82) is 0 Å². The fourth-order valence-corrected chi connectivity index (χ4v) is 5.81. The van der Waals surface area contributed by atoms with Crippen molar-refractivity contribution in [2.75, 3.05) is 33.9 Å². The molecular formula is C29H36N2O4. The first kappa shape index (κ1) is 25.0. The second-order valence-electron chi connectivity index (χ2n) is 9.68. The largest absolute Gasteiger partial charge is 0.497 e. The maximum atomic E-state index is 12.8. The number of aliphatic hydroxyl groups is 1. The number of fused-ring (bicyclic) bond motifs is 1. The minimum atomic E-state index is -0.891. The minimum absolute atomic E-state index is 0.0325. The van der Waals surface area contributed by atoms with E-state index in [0.29, 0.717) is 19.4 Å². The van der Waals surface area contributed by atoms with Crippen LogP contribution >= 0.6 is 0 Å². The van der Waals surface area contributed by atoms with Gasteiger partial charge in [0.05, 0.1) is 19.8 Å². The van der Waals surface area contributed by atoms with E-state index in [0.717, 1.165) is 48.6 Å². The molecule has 2 aromatic carbocycles. The van der Waals surface area contributed by atoms with Crippen molar-refractivity contribution < 1.29 is 19.4 Å². The topological polar surface area (TPSA) is 71.0 Å². The highest BCUT2D eigenvalue weighted by molar-refractivity contribution is 5.92. The Morgan fingerprint density at radius 1 is 1.17 bits per heavy atom. The van der Waals surface area contributed by atoms with E-state index in [-0.39, 0.29) is 11.9 Å². The number of amides is 1. The van der Waals surface area contributed by atoms with Crippen molar-refractivity contribution in [3.8, 4) is 11.5 Å². The predicted molar refractivity (Wildman–Crippen MR) is 139 cm³/mol. The van der Waals surface area contributed by atoms with E-state index in [1.165, 1.54) is 0 Å². The molecule has 1 aliphatic heterocycles. The maximum Gasteiger partial charge on any atom is 0.244 e. The van der Waals surface area contributed by atoms with Crippen LogP contribution in [0.15, 0.2) is 67.3 Å². The molecule has 0 spiro atoms. The number of nitrogens with zero attached hydrogens (tertiary/aromatic N) is 1. The number of β-amino-alcohol motifs (C(OH)–C–C–N with tert-alkyl or cyclic N) is 1. The Bertz CT molecular complexity index is 1080. The molecule has 1 heterocycles. The molecule has 1 saturated heterocycles. The van der Waals surface area contributed by atoms with Gasteiger partial charge in [-0.1, -0.05) is 30.3 Å². The molecule has 35 heavy (non-hydrogen) atoms. The molecule has 0 radical (unpaired) electrons. The van der Waals surface area contributed by atoms with E-state index in [2.05, 4.69) is 22.9 Å². The lowest BCUT2D eigenvalue weighted by atomic mass is 9.55. The zero-order valence-corrected chi connectivity index (χ0v) is 20.7. The first-order chi connectivity index (χ1) is 16.9. The zero-order valence-electron chi connectivity index (χ0n) is 20.7. The Morgan fingerprint density at radius 3 is 2.66 bits per heavy atom. The number of methoxy groups -OCH3 is 2. The number of nitrogens with one attached hydrogen (secondary N) is 1. The van der Waals surface area contributed by atoms with Crippen molar-refractivity contribution >= 4 is 12.0 Å². The third kappa shape index (κ3) is 5.29. The molecule has 6 nitrogen and oxygen atoms in total.